The number of rotatable bonds is 4. The third-order valence-corrected chi connectivity index (χ3v) is 5.88. The molecule has 5 rings (SSSR count). The van der Waals surface area contributed by atoms with Crippen LogP contribution in [0.4, 0.5) is 11.4 Å². The van der Waals surface area contributed by atoms with Crippen molar-refractivity contribution in [2.24, 2.45) is 4.99 Å². The molecule has 0 unspecified atom stereocenters. The van der Waals surface area contributed by atoms with E-state index in [4.69, 9.17) is 33.2 Å². The Morgan fingerprint density at radius 1 is 0.882 bits per heavy atom. The first-order chi connectivity index (χ1) is 16.4. The van der Waals surface area contributed by atoms with Gasteiger partial charge in [-0.1, -0.05) is 23.2 Å². The monoisotopic (exact) mass is 488 g/mol. The molecule has 0 radical (unpaired) electrons. The molecule has 2 N–H and O–H groups in total. The van der Waals surface area contributed by atoms with E-state index in [0.29, 0.717) is 15.6 Å². The minimum absolute atomic E-state index is 0.0950. The van der Waals surface area contributed by atoms with Gasteiger partial charge in [-0.05, 0) is 86.6 Å². The van der Waals surface area contributed by atoms with Crippen molar-refractivity contribution in [3.05, 3.63) is 94.3 Å². The maximum absolute atomic E-state index is 10.1. The molecule has 170 valence electrons. The quantitative estimate of drug-likeness (QED) is 0.263. The second kappa shape index (κ2) is 9.01. The van der Waals surface area contributed by atoms with Crippen molar-refractivity contribution < 1.29 is 5.11 Å². The van der Waals surface area contributed by atoms with Crippen LogP contribution in [0.1, 0.15) is 13.8 Å². The van der Waals surface area contributed by atoms with Crippen molar-refractivity contribution in [3.8, 4) is 22.8 Å². The molecule has 0 atom stereocenters. The summed E-state index contributed by atoms with van der Waals surface area (Å²) in [5, 5.41) is 15.7. The van der Waals surface area contributed by atoms with Gasteiger partial charge in [0.1, 0.15) is 5.75 Å². The Balaban J connectivity index is 1.82. The second-order valence-corrected chi connectivity index (χ2v) is 9.18. The average molecular weight is 489 g/mol. The second-order valence-electron chi connectivity index (χ2n) is 8.31. The molecule has 3 aromatic rings. The fourth-order valence-corrected chi connectivity index (χ4v) is 4.18. The van der Waals surface area contributed by atoms with Gasteiger partial charge >= 0.3 is 0 Å². The fourth-order valence-electron chi connectivity index (χ4n) is 3.93. The normalized spacial score (nSPS) is 12.1. The van der Waals surface area contributed by atoms with Crippen LogP contribution in [-0.2, 0) is 0 Å². The van der Waals surface area contributed by atoms with Crippen molar-refractivity contribution >= 4 is 45.6 Å². The van der Waals surface area contributed by atoms with Gasteiger partial charge in [0.25, 0.3) is 0 Å². The summed E-state index contributed by atoms with van der Waals surface area (Å²) >= 11 is 12.2. The number of anilines is 2. The Kier molecular flexibility index (Phi) is 5.90. The van der Waals surface area contributed by atoms with Crippen molar-refractivity contribution in [2.45, 2.75) is 19.9 Å². The van der Waals surface area contributed by atoms with Gasteiger partial charge in [-0.3, -0.25) is 4.99 Å². The van der Waals surface area contributed by atoms with Crippen LogP contribution in [0.5, 0.6) is 5.75 Å². The van der Waals surface area contributed by atoms with Gasteiger partial charge in [0, 0.05) is 33.5 Å². The van der Waals surface area contributed by atoms with Gasteiger partial charge in [-0.15, -0.1) is 0 Å². The van der Waals surface area contributed by atoms with E-state index in [1.165, 1.54) is 0 Å². The Morgan fingerprint density at radius 2 is 1.56 bits per heavy atom. The highest BCUT2D eigenvalue weighted by atomic mass is 35.5. The zero-order chi connectivity index (χ0) is 23.8. The number of phenols is 1. The topological polar surface area (TPSA) is 62.4 Å². The van der Waals surface area contributed by atoms with Crippen molar-refractivity contribution in [1.82, 2.24) is 9.55 Å². The van der Waals surface area contributed by atoms with Crippen LogP contribution >= 0.6 is 23.2 Å². The number of nitrogens with zero attached hydrogens (tertiary/aromatic N) is 3. The van der Waals surface area contributed by atoms with Gasteiger partial charge in [-0.2, -0.15) is 0 Å². The van der Waals surface area contributed by atoms with Gasteiger partial charge in [0.15, 0.2) is 0 Å². The molecule has 7 heteroatoms. The van der Waals surface area contributed by atoms with Gasteiger partial charge in [0.2, 0.25) is 0 Å². The number of nitrogens with one attached hydrogen (secondary N) is 1. The maximum atomic E-state index is 10.1. The molecular formula is C27H22Cl2N4O. The van der Waals surface area contributed by atoms with Crippen LogP contribution in [0.2, 0.25) is 10.0 Å². The maximum Gasteiger partial charge on any atom is 0.117 e. The summed E-state index contributed by atoms with van der Waals surface area (Å²) in [5.41, 5.74) is 5.84. The molecule has 34 heavy (non-hydrogen) atoms. The fraction of sp³-hybridized carbons (Fsp3) is 0.111. The van der Waals surface area contributed by atoms with Crippen molar-refractivity contribution in [1.29, 1.82) is 0 Å². The summed E-state index contributed by atoms with van der Waals surface area (Å²) in [7, 11) is 0. The Morgan fingerprint density at radius 3 is 2.24 bits per heavy atom. The van der Waals surface area contributed by atoms with E-state index in [-0.39, 0.29) is 11.8 Å². The van der Waals surface area contributed by atoms with E-state index >= 15 is 0 Å². The minimum Gasteiger partial charge on any atom is -0.508 e. The van der Waals surface area contributed by atoms with E-state index < -0.39 is 0 Å². The molecule has 0 spiro atoms. The Bertz CT molecular complexity index is 1520. The van der Waals surface area contributed by atoms with Crippen LogP contribution < -0.4 is 10.7 Å². The summed E-state index contributed by atoms with van der Waals surface area (Å²) < 4.78 is 2.11. The average Bonchev–Trinajstić information content (AvgIpc) is 2.80. The van der Waals surface area contributed by atoms with Crippen LogP contribution in [0, 0.1) is 0 Å². The van der Waals surface area contributed by atoms with Gasteiger partial charge in [0.05, 0.1) is 33.5 Å². The molecule has 3 aromatic carbocycles. The summed E-state index contributed by atoms with van der Waals surface area (Å²) in [6.45, 7) is 4.09. The summed E-state index contributed by atoms with van der Waals surface area (Å²) in [6.07, 6.45) is 0. The number of halogens is 2. The molecule has 5 nitrogen and oxygen atoms in total. The van der Waals surface area contributed by atoms with E-state index in [9.17, 15) is 5.11 Å². The molecule has 0 saturated carbocycles. The molecule has 1 aliphatic heterocycles. The molecular weight excluding hydrogens is 467 g/mol. The number of aromatic hydroxyl groups is 1. The van der Waals surface area contributed by atoms with E-state index in [1.807, 2.05) is 80.6 Å². The lowest BCUT2D eigenvalue weighted by molar-refractivity contribution is 0.476. The lowest BCUT2D eigenvalue weighted by Crippen LogP contribution is -2.16. The first kappa shape index (κ1) is 22.3. The summed E-state index contributed by atoms with van der Waals surface area (Å²) in [4.78, 5) is 9.74. The van der Waals surface area contributed by atoms with Crippen LogP contribution in [0.15, 0.2) is 83.9 Å². The van der Waals surface area contributed by atoms with Crippen LogP contribution in [0.25, 0.3) is 28.1 Å². The molecule has 0 amide bonds. The highest BCUT2D eigenvalue weighted by molar-refractivity contribution is 6.30. The zero-order valence-corrected chi connectivity index (χ0v) is 20.1. The SMILES string of the molecule is CC(C)N=c1cc2n(-c3ccc(Cl)cc3)c3ccc(O)cc3nc-2cc1Nc1ccc(Cl)cc1. The molecule has 1 heterocycles. The predicted molar refractivity (Wildman–Crippen MR) is 140 cm³/mol. The van der Waals surface area contributed by atoms with Gasteiger partial charge in [-0.25, -0.2) is 4.98 Å². The van der Waals surface area contributed by atoms with E-state index in [0.717, 1.165) is 39.3 Å². The van der Waals surface area contributed by atoms with E-state index in [2.05, 4.69) is 9.88 Å². The molecule has 0 saturated heterocycles. The Labute approximate surface area is 207 Å². The van der Waals surface area contributed by atoms with E-state index in [1.54, 1.807) is 12.1 Å². The largest absolute Gasteiger partial charge is 0.508 e. The predicted octanol–water partition coefficient (Wildman–Crippen LogP) is 7.20. The van der Waals surface area contributed by atoms with Gasteiger partial charge < -0.3 is 15.0 Å². The molecule has 2 aliphatic rings. The molecule has 0 bridgehead atoms. The molecule has 0 fully saturated rings. The highest BCUT2D eigenvalue weighted by Crippen LogP contribution is 2.32. The molecule has 1 aliphatic carbocycles. The number of fused-ring (bicyclic) bond motifs is 2. The lowest BCUT2D eigenvalue weighted by Gasteiger charge is -2.20. The molecule has 0 aromatic heterocycles. The van der Waals surface area contributed by atoms with Crippen molar-refractivity contribution in [3.63, 3.8) is 0 Å². The van der Waals surface area contributed by atoms with Crippen LogP contribution in [-0.4, -0.2) is 20.7 Å². The van der Waals surface area contributed by atoms with Crippen LogP contribution in [0.3, 0.4) is 0 Å². The number of hydrogen-bond donors (Lipinski definition) is 2. The Hall–Kier alpha value is -3.54. The number of hydrogen-bond acceptors (Lipinski definition) is 4. The number of benzene rings is 4. The third kappa shape index (κ3) is 4.45. The number of aromatic nitrogens is 2. The zero-order valence-electron chi connectivity index (χ0n) is 18.6. The summed E-state index contributed by atoms with van der Waals surface area (Å²) in [5.74, 6) is 0.160. The summed E-state index contributed by atoms with van der Waals surface area (Å²) in [6, 6.07) is 24.5. The highest BCUT2D eigenvalue weighted by Gasteiger charge is 2.17. The lowest BCUT2D eigenvalue weighted by atomic mass is 10.1. The third-order valence-electron chi connectivity index (χ3n) is 5.38. The first-order valence-corrected chi connectivity index (χ1v) is 11.6. The minimum atomic E-state index is 0.0950. The first-order valence-electron chi connectivity index (χ1n) is 10.9. The number of phenolic OH excluding ortho intramolecular Hbond substituents is 1. The van der Waals surface area contributed by atoms with Crippen molar-refractivity contribution in [2.75, 3.05) is 5.32 Å². The smallest absolute Gasteiger partial charge is 0.117 e. The standard InChI is InChI=1S/C27H22Cl2N4O/c1-16(2)30-23-15-27-25(14-22(23)31-19-7-3-17(28)4-8-19)32-24-13-21(34)11-12-26(24)33(27)20-9-5-18(29)6-10-20/h3-16,31,34H,1-2H3.